The molecular formula is C92H126FN21O23. The minimum Gasteiger partial charge on any atom is -0.481 e. The number of H-pyrrole nitrogens is 1. The van der Waals surface area contributed by atoms with E-state index in [1.165, 1.54) is 43.2 Å². The summed E-state index contributed by atoms with van der Waals surface area (Å²) in [5.41, 5.74) is 25.0. The van der Waals surface area contributed by atoms with Gasteiger partial charge in [-0.15, -0.1) is 0 Å². The molecule has 0 radical (unpaired) electrons. The molecule has 0 spiro atoms. The number of fused-ring (bicyclic) bond motifs is 5. The normalized spacial score (nSPS) is 25.1. The Balaban J connectivity index is 1.12. The first kappa shape index (κ1) is 107. The SMILES string of the molecule is CCCC[C@H]1C(=O)N(C)[C@@H](CCCC)C(=O)N[C@@H](CCC(=O)O)C(=O)N[C@H](C(N)=O)CNCC(=O)N[C@@H](Cc2ccc(F)cc2)C(=O)N2CCCC[C@H]2C(=O)N[C@@H](CC(N)=O)C(=O)N2CCCC2C(=O)N[C@@H](CCC(N)=O)C(=O)N[C@@H](CC(C)C)C(=O)N2C[C@H](O)C[C@H]2C(=O)N[C@@H](Cc2c[nH]c3ccccc23)C(=O)N[C@@H](CC(N)=O)C(=O)N[C@@H](Cc2cn(CC(=O)O)c3ccccc23)C(=O)N1C. The fourth-order valence-electron chi connectivity index (χ4n) is 17.8. The maximum absolute atomic E-state index is 15.9. The Morgan fingerprint density at radius 3 is 1.62 bits per heavy atom. The van der Waals surface area contributed by atoms with Crippen molar-refractivity contribution in [3.63, 3.8) is 0 Å². The van der Waals surface area contributed by atoms with Crippen molar-refractivity contribution in [3.8, 4) is 0 Å². The second-order valence-corrected chi connectivity index (χ2v) is 35.7. The molecule has 744 valence electrons. The van der Waals surface area contributed by atoms with Crippen LogP contribution in [0.5, 0.6) is 0 Å². The molecule has 9 rings (SSSR count). The van der Waals surface area contributed by atoms with Crippen LogP contribution < -0.4 is 76.1 Å². The number of hydrogen-bond donors (Lipinski definition) is 18. The molecule has 44 nitrogen and oxygen atoms in total. The van der Waals surface area contributed by atoms with E-state index in [4.69, 9.17) is 22.9 Å². The predicted molar refractivity (Wildman–Crippen MR) is 490 cm³/mol. The number of carbonyl (C=O) groups excluding carboxylic acids is 18. The highest BCUT2D eigenvalue weighted by Crippen LogP contribution is 2.30. The Kier molecular flexibility index (Phi) is 38.9. The molecule has 4 aliphatic rings. The van der Waals surface area contributed by atoms with Gasteiger partial charge in [0.15, 0.2) is 0 Å². The van der Waals surface area contributed by atoms with Gasteiger partial charge in [-0.1, -0.05) is 102 Å². The molecule has 0 bridgehead atoms. The number of aromatic nitrogens is 2. The first-order valence-corrected chi connectivity index (χ1v) is 46.1. The van der Waals surface area contributed by atoms with Gasteiger partial charge < -0.3 is 125 Å². The number of carboxylic acid groups (broad SMARTS) is 2. The van der Waals surface area contributed by atoms with E-state index in [1.807, 2.05) is 0 Å². The van der Waals surface area contributed by atoms with Gasteiger partial charge in [0.05, 0.1) is 25.5 Å². The highest BCUT2D eigenvalue weighted by molar-refractivity contribution is 6.03. The second kappa shape index (κ2) is 50.0. The van der Waals surface area contributed by atoms with Crippen LogP contribution in [-0.2, 0) is 122 Å². The van der Waals surface area contributed by atoms with Crippen molar-refractivity contribution in [3.05, 3.63) is 108 Å². The smallest absolute Gasteiger partial charge is 0.323 e. The lowest BCUT2D eigenvalue weighted by molar-refractivity contribution is -0.149. The van der Waals surface area contributed by atoms with Crippen molar-refractivity contribution in [2.75, 3.05) is 46.8 Å². The van der Waals surface area contributed by atoms with E-state index < -0.39 is 305 Å². The molecule has 6 heterocycles. The number of para-hydroxylation sites is 2. The third-order valence-electron chi connectivity index (χ3n) is 24.9. The number of unbranched alkanes of at least 4 members (excludes halogenated alkanes) is 2. The van der Waals surface area contributed by atoms with Gasteiger partial charge in [-0.2, -0.15) is 0 Å². The van der Waals surface area contributed by atoms with E-state index in [0.717, 1.165) is 36.6 Å². The molecule has 2 aromatic heterocycles. The zero-order valence-corrected chi connectivity index (χ0v) is 77.5. The van der Waals surface area contributed by atoms with E-state index in [0.29, 0.717) is 58.6 Å². The summed E-state index contributed by atoms with van der Waals surface area (Å²) >= 11 is 0. The molecule has 4 aliphatic heterocycles. The Morgan fingerprint density at radius 1 is 0.482 bits per heavy atom. The number of aliphatic hydroxyl groups is 1. The lowest BCUT2D eigenvalue weighted by atomic mass is 9.97. The van der Waals surface area contributed by atoms with Gasteiger partial charge in [0, 0.05) is 113 Å². The summed E-state index contributed by atoms with van der Waals surface area (Å²) in [6, 6.07) is -5.31. The molecule has 3 aromatic carbocycles. The third kappa shape index (κ3) is 29.5. The number of halogens is 1. The Hall–Kier alpha value is -14.0. The number of rotatable bonds is 27. The van der Waals surface area contributed by atoms with E-state index >= 15 is 38.4 Å². The largest absolute Gasteiger partial charge is 0.481 e. The molecule has 45 heteroatoms. The van der Waals surface area contributed by atoms with Crippen molar-refractivity contribution < 1.29 is 116 Å². The zero-order chi connectivity index (χ0) is 100. The number of aromatic amines is 1. The fourth-order valence-corrected chi connectivity index (χ4v) is 17.8. The average molecular weight is 1910 g/mol. The molecule has 0 aliphatic carbocycles. The van der Waals surface area contributed by atoms with Crippen molar-refractivity contribution in [2.24, 2.45) is 28.9 Å². The van der Waals surface area contributed by atoms with Crippen LogP contribution in [0.25, 0.3) is 21.8 Å². The number of hydrogen-bond acceptors (Lipinski definition) is 22. The average Bonchev–Trinajstić information content (AvgIpc) is 1.52. The number of primary amides is 4. The Morgan fingerprint density at radius 2 is 0.993 bits per heavy atom. The lowest BCUT2D eigenvalue weighted by Crippen LogP contribution is -2.62. The number of nitrogens with two attached hydrogens (primary N) is 4. The summed E-state index contributed by atoms with van der Waals surface area (Å²) in [6.07, 6.45) is -3.01. The van der Waals surface area contributed by atoms with Gasteiger partial charge in [0.25, 0.3) is 0 Å². The van der Waals surface area contributed by atoms with Crippen molar-refractivity contribution in [2.45, 2.75) is 266 Å². The lowest BCUT2D eigenvalue weighted by Gasteiger charge is -2.38. The number of nitrogens with zero attached hydrogens (tertiary/aromatic N) is 6. The fraction of sp³-hybridized carbons (Fsp3) is 0.543. The minimum atomic E-state index is -2.03. The third-order valence-corrected chi connectivity index (χ3v) is 24.9. The molecule has 18 amide bonds. The zero-order valence-electron chi connectivity index (χ0n) is 77.5. The maximum atomic E-state index is 15.9. The van der Waals surface area contributed by atoms with Gasteiger partial charge in [-0.3, -0.25) is 95.9 Å². The standard InChI is InChI=1S/C92H126FN21O23/c1-7-9-21-68-84(129)101-59(31-33-77(120)121)81(126)108-66(79(97)124)44-98-45-76(119)100-63(37-50-26-28-53(93)29-27-50)89(134)112-34-16-15-24-69(112)86(131)107-65(42-75(96)118)90(135)113-35-17-25-70(113)85(130)102-58(30-32-73(94)116)80(125)105-62(36-49(3)4)91(136)114-47-54(115)40-72(114)87(132)104-60(38-51-43-99-57-20-13-11-18-55(51)57)82(127)103-61(41-74(95)117)83(128)106-64(88(133)110(6)71(22-10-8-2)92(137)109(68)5)39-52-46-111(48-78(122)123)67-23-14-12-19-56(52)67/h11-14,18-20,23,26-29,43,46,49,54,58-66,68-72,98-99,115H,7-10,15-17,21-22,24-25,30-42,44-45,47-48H2,1-6H3,(H2,94,116)(H2,95,117)(H2,96,118)(H2,97,124)(H,100,119)(H,101,129)(H,102,130)(H,103,127)(H,104,132)(H,105,125)(H,106,128)(H,107,131)(H,108,126)(H,120,121)(H,122,123)/t54-,58+,59+,60+,61+,62+,63+,64+,65+,66+,68+,69+,70?,71+,72+/m1/s1. The number of carboxylic acids is 2. The topological polar surface area (TPSA) is 663 Å². The molecule has 5 aromatic rings. The molecule has 0 saturated carbocycles. The number of aliphatic hydroxyl groups excluding tert-OH is 1. The number of piperidine rings is 1. The predicted octanol–water partition coefficient (Wildman–Crippen LogP) is -2.88. The van der Waals surface area contributed by atoms with Crippen LogP contribution in [0.15, 0.2) is 85.2 Å². The number of carbonyl (C=O) groups is 20. The van der Waals surface area contributed by atoms with E-state index in [9.17, 15) is 77.2 Å². The van der Waals surface area contributed by atoms with Crippen molar-refractivity contribution in [1.82, 2.24) is 87.2 Å². The van der Waals surface area contributed by atoms with Gasteiger partial charge in [0.2, 0.25) is 106 Å². The highest BCUT2D eigenvalue weighted by Gasteiger charge is 2.48. The molecule has 22 N–H and O–H groups in total. The highest BCUT2D eigenvalue weighted by atomic mass is 19.1. The maximum Gasteiger partial charge on any atom is 0.323 e. The minimum absolute atomic E-state index is 0.0500. The molecule has 1 unspecified atom stereocenters. The van der Waals surface area contributed by atoms with Crippen LogP contribution in [0.3, 0.4) is 0 Å². The first-order valence-electron chi connectivity index (χ1n) is 46.1. The first-order chi connectivity index (χ1) is 65.1. The molecule has 15 atom stereocenters. The van der Waals surface area contributed by atoms with Crippen LogP contribution in [0, 0.1) is 11.7 Å². The van der Waals surface area contributed by atoms with Crippen LogP contribution >= 0.6 is 0 Å². The summed E-state index contributed by atoms with van der Waals surface area (Å²) in [5, 5.41) is 58.4. The second-order valence-electron chi connectivity index (χ2n) is 35.7. The van der Waals surface area contributed by atoms with Gasteiger partial charge in [0.1, 0.15) is 96.9 Å². The Labute approximate surface area is 788 Å². The number of likely N-dealkylation sites (N-methyl/N-ethyl adjacent to an activating group) is 2. The number of amides is 18. The number of benzene rings is 3. The molecule has 4 fully saturated rings. The van der Waals surface area contributed by atoms with Crippen LogP contribution in [-0.4, -0.2) is 305 Å². The quantitative estimate of drug-likeness (QED) is 0.0251. The summed E-state index contributed by atoms with van der Waals surface area (Å²) in [7, 11) is 2.48. The van der Waals surface area contributed by atoms with Crippen molar-refractivity contribution in [1.29, 1.82) is 0 Å². The summed E-state index contributed by atoms with van der Waals surface area (Å²) in [4.78, 5) is 297. The van der Waals surface area contributed by atoms with E-state index in [1.54, 1.807) is 76.2 Å². The molecule has 137 heavy (non-hydrogen) atoms. The van der Waals surface area contributed by atoms with Crippen LogP contribution in [0.2, 0.25) is 0 Å². The van der Waals surface area contributed by atoms with E-state index in [2.05, 4.69) is 58.2 Å². The summed E-state index contributed by atoms with van der Waals surface area (Å²) in [5.74, 6) is -22.7. The van der Waals surface area contributed by atoms with Crippen LogP contribution in [0.4, 0.5) is 4.39 Å². The van der Waals surface area contributed by atoms with Gasteiger partial charge in [-0.25, -0.2) is 4.39 Å². The summed E-state index contributed by atoms with van der Waals surface area (Å²) in [6.45, 7) is 4.11. The number of aliphatic carboxylic acids is 2. The Bertz CT molecular complexity index is 5280. The summed E-state index contributed by atoms with van der Waals surface area (Å²) < 4.78 is 15.8. The van der Waals surface area contributed by atoms with E-state index in [-0.39, 0.29) is 76.4 Å². The number of nitrogens with one attached hydrogen (secondary N) is 11. The monoisotopic (exact) mass is 1910 g/mol. The van der Waals surface area contributed by atoms with Gasteiger partial charge >= 0.3 is 11.9 Å². The molecule has 4 saturated heterocycles. The molecular weight excluding hydrogens is 1790 g/mol. The van der Waals surface area contributed by atoms with Crippen LogP contribution in [0.1, 0.15) is 166 Å². The van der Waals surface area contributed by atoms with Gasteiger partial charge in [-0.05, 0) is 111 Å². The van der Waals surface area contributed by atoms with Crippen molar-refractivity contribution >= 4 is 140 Å².